The van der Waals surface area contributed by atoms with Gasteiger partial charge in [0, 0.05) is 34.6 Å². The molecular weight excluding hydrogens is 396 g/mol. The van der Waals surface area contributed by atoms with E-state index in [1.807, 2.05) is 61.8 Å². The zero-order chi connectivity index (χ0) is 22.7. The van der Waals surface area contributed by atoms with E-state index in [1.54, 1.807) is 6.07 Å². The van der Waals surface area contributed by atoms with Gasteiger partial charge in [-0.3, -0.25) is 9.78 Å². The molecule has 0 bridgehead atoms. The minimum atomic E-state index is -0.154. The third-order valence-electron chi connectivity index (χ3n) is 5.73. The molecule has 4 aromatic rings. The van der Waals surface area contributed by atoms with Gasteiger partial charge in [-0.2, -0.15) is 0 Å². The first-order valence-electron chi connectivity index (χ1n) is 10.9. The first kappa shape index (κ1) is 21.6. The molecule has 162 valence electrons. The Bertz CT molecular complexity index is 1270. The van der Waals surface area contributed by atoms with Crippen LogP contribution in [0.1, 0.15) is 52.4 Å². The lowest BCUT2D eigenvalue weighted by atomic mass is 9.97. The van der Waals surface area contributed by atoms with Crippen LogP contribution in [0.25, 0.3) is 10.8 Å². The second-order valence-corrected chi connectivity index (χ2v) is 8.47. The summed E-state index contributed by atoms with van der Waals surface area (Å²) >= 11 is 0. The van der Waals surface area contributed by atoms with Crippen LogP contribution >= 0.6 is 0 Å². The predicted octanol–water partition coefficient (Wildman–Crippen LogP) is 6.81. The van der Waals surface area contributed by atoms with Crippen molar-refractivity contribution in [2.45, 2.75) is 40.2 Å². The molecule has 4 heteroatoms. The van der Waals surface area contributed by atoms with Crippen LogP contribution in [-0.4, -0.2) is 10.9 Å². The molecule has 1 heterocycles. The third kappa shape index (κ3) is 4.65. The summed E-state index contributed by atoms with van der Waals surface area (Å²) in [5.41, 5.74) is 5.81. The van der Waals surface area contributed by atoms with Crippen LogP contribution in [0.15, 0.2) is 73.1 Å². The molecule has 0 aliphatic heterocycles. The number of carbonyl (C=O) groups excluding carboxylic acids is 1. The van der Waals surface area contributed by atoms with Gasteiger partial charge in [0.1, 0.15) is 12.4 Å². The number of nitrogens with one attached hydrogen (secondary N) is 1. The summed E-state index contributed by atoms with van der Waals surface area (Å²) in [5.74, 6) is 0.990. The van der Waals surface area contributed by atoms with Gasteiger partial charge in [-0.25, -0.2) is 0 Å². The summed E-state index contributed by atoms with van der Waals surface area (Å²) in [6, 6.07) is 19.7. The molecule has 0 saturated heterocycles. The lowest BCUT2D eigenvalue weighted by Crippen LogP contribution is -2.12. The molecule has 0 unspecified atom stereocenters. The van der Waals surface area contributed by atoms with E-state index in [4.69, 9.17) is 4.74 Å². The highest BCUT2D eigenvalue weighted by molar-refractivity contribution is 6.04. The summed E-state index contributed by atoms with van der Waals surface area (Å²) in [5, 5.41) is 5.21. The van der Waals surface area contributed by atoms with E-state index in [-0.39, 0.29) is 5.91 Å². The van der Waals surface area contributed by atoms with E-state index < -0.39 is 0 Å². The van der Waals surface area contributed by atoms with Crippen LogP contribution in [-0.2, 0) is 6.61 Å². The Morgan fingerprint density at radius 3 is 2.56 bits per heavy atom. The second kappa shape index (κ2) is 9.23. The number of anilines is 1. The van der Waals surface area contributed by atoms with Gasteiger partial charge in [0.15, 0.2) is 0 Å². The molecule has 3 aromatic carbocycles. The van der Waals surface area contributed by atoms with Gasteiger partial charge in [-0.15, -0.1) is 0 Å². The van der Waals surface area contributed by atoms with Crippen molar-refractivity contribution in [1.29, 1.82) is 0 Å². The Morgan fingerprint density at radius 2 is 1.78 bits per heavy atom. The first-order chi connectivity index (χ1) is 15.4. The lowest BCUT2D eigenvalue weighted by molar-refractivity contribution is 0.102. The fourth-order valence-electron chi connectivity index (χ4n) is 3.95. The molecule has 32 heavy (non-hydrogen) atoms. The van der Waals surface area contributed by atoms with Crippen LogP contribution < -0.4 is 10.1 Å². The van der Waals surface area contributed by atoms with E-state index in [2.05, 4.69) is 43.2 Å². The standard InChI is InChI=1S/C28H28N2O2/c1-18(2)25-12-11-24(13-20(25)4)30-28(31)21-10-9-19(3)27(14-21)32-17-23-16-29-15-22-7-5-6-8-26(22)23/h5-16,18H,17H2,1-4H3,(H,30,31). The van der Waals surface area contributed by atoms with Gasteiger partial charge in [-0.05, 0) is 66.1 Å². The highest BCUT2D eigenvalue weighted by Crippen LogP contribution is 2.25. The highest BCUT2D eigenvalue weighted by Gasteiger charge is 2.12. The molecule has 0 saturated carbocycles. The number of fused-ring (bicyclic) bond motifs is 1. The number of amides is 1. The van der Waals surface area contributed by atoms with Crippen molar-refractivity contribution >= 4 is 22.4 Å². The molecule has 0 atom stereocenters. The van der Waals surface area contributed by atoms with Crippen molar-refractivity contribution < 1.29 is 9.53 Å². The van der Waals surface area contributed by atoms with E-state index in [0.717, 1.165) is 27.6 Å². The largest absolute Gasteiger partial charge is 0.489 e. The smallest absolute Gasteiger partial charge is 0.255 e. The summed E-state index contributed by atoms with van der Waals surface area (Å²) in [6.45, 7) is 8.78. The minimum absolute atomic E-state index is 0.154. The minimum Gasteiger partial charge on any atom is -0.489 e. The van der Waals surface area contributed by atoms with Crippen molar-refractivity contribution in [2.24, 2.45) is 0 Å². The van der Waals surface area contributed by atoms with Crippen LogP contribution in [0.3, 0.4) is 0 Å². The molecule has 0 fully saturated rings. The number of hydrogen-bond acceptors (Lipinski definition) is 3. The average molecular weight is 425 g/mol. The summed E-state index contributed by atoms with van der Waals surface area (Å²) < 4.78 is 6.11. The summed E-state index contributed by atoms with van der Waals surface area (Å²) in [6.07, 6.45) is 3.68. The number of benzene rings is 3. The van der Waals surface area contributed by atoms with Crippen molar-refractivity contribution in [3.63, 3.8) is 0 Å². The van der Waals surface area contributed by atoms with E-state index >= 15 is 0 Å². The number of ether oxygens (including phenoxy) is 1. The van der Waals surface area contributed by atoms with Gasteiger partial charge in [0.2, 0.25) is 0 Å². The Labute approximate surface area is 189 Å². The fraction of sp³-hybridized carbons (Fsp3) is 0.214. The molecule has 0 aliphatic rings. The Balaban J connectivity index is 1.51. The van der Waals surface area contributed by atoms with Crippen LogP contribution in [0.4, 0.5) is 5.69 Å². The molecule has 1 N–H and O–H groups in total. The Morgan fingerprint density at radius 1 is 0.969 bits per heavy atom. The van der Waals surface area contributed by atoms with Gasteiger partial charge in [0.25, 0.3) is 5.91 Å². The number of hydrogen-bond donors (Lipinski definition) is 1. The lowest BCUT2D eigenvalue weighted by Gasteiger charge is -2.14. The molecular formula is C28H28N2O2. The highest BCUT2D eigenvalue weighted by atomic mass is 16.5. The van der Waals surface area contributed by atoms with E-state index in [0.29, 0.717) is 23.8 Å². The molecule has 4 nitrogen and oxygen atoms in total. The maximum atomic E-state index is 12.9. The Hall–Kier alpha value is -3.66. The molecule has 0 spiro atoms. The number of carbonyl (C=O) groups is 1. The normalized spacial score (nSPS) is 11.0. The molecule has 0 radical (unpaired) electrons. The third-order valence-corrected chi connectivity index (χ3v) is 5.73. The number of rotatable bonds is 6. The summed E-state index contributed by atoms with van der Waals surface area (Å²) in [7, 11) is 0. The molecule has 1 aromatic heterocycles. The number of pyridine rings is 1. The van der Waals surface area contributed by atoms with E-state index in [1.165, 1.54) is 11.1 Å². The maximum absolute atomic E-state index is 12.9. The quantitative estimate of drug-likeness (QED) is 0.370. The molecule has 4 rings (SSSR count). The van der Waals surface area contributed by atoms with Crippen molar-refractivity contribution in [1.82, 2.24) is 4.98 Å². The van der Waals surface area contributed by atoms with Crippen LogP contribution in [0.2, 0.25) is 0 Å². The molecule has 1 amide bonds. The second-order valence-electron chi connectivity index (χ2n) is 8.47. The maximum Gasteiger partial charge on any atom is 0.255 e. The van der Waals surface area contributed by atoms with Gasteiger partial charge in [0.05, 0.1) is 0 Å². The van der Waals surface area contributed by atoms with Crippen molar-refractivity contribution in [3.05, 3.63) is 101 Å². The number of nitrogens with zero attached hydrogens (tertiary/aromatic N) is 1. The van der Waals surface area contributed by atoms with Crippen LogP contribution in [0, 0.1) is 13.8 Å². The average Bonchev–Trinajstić information content (AvgIpc) is 2.78. The zero-order valence-corrected chi connectivity index (χ0v) is 19.0. The zero-order valence-electron chi connectivity index (χ0n) is 19.0. The van der Waals surface area contributed by atoms with Crippen molar-refractivity contribution in [2.75, 3.05) is 5.32 Å². The van der Waals surface area contributed by atoms with Crippen LogP contribution in [0.5, 0.6) is 5.75 Å². The number of aryl methyl sites for hydroxylation is 2. The van der Waals surface area contributed by atoms with Gasteiger partial charge in [-0.1, -0.05) is 50.2 Å². The molecule has 0 aliphatic carbocycles. The Kier molecular flexibility index (Phi) is 6.22. The SMILES string of the molecule is Cc1ccc(C(=O)Nc2ccc(C(C)C)c(C)c2)cc1OCc1cncc2ccccc12. The predicted molar refractivity (Wildman–Crippen MR) is 130 cm³/mol. The van der Waals surface area contributed by atoms with E-state index in [9.17, 15) is 4.79 Å². The van der Waals surface area contributed by atoms with Gasteiger partial charge >= 0.3 is 0 Å². The summed E-state index contributed by atoms with van der Waals surface area (Å²) in [4.78, 5) is 17.2. The monoisotopic (exact) mass is 424 g/mol. The van der Waals surface area contributed by atoms with Crippen molar-refractivity contribution in [3.8, 4) is 5.75 Å². The van der Waals surface area contributed by atoms with Gasteiger partial charge < -0.3 is 10.1 Å². The topological polar surface area (TPSA) is 51.2 Å². The fourth-order valence-corrected chi connectivity index (χ4v) is 3.95. The number of aromatic nitrogens is 1. The first-order valence-corrected chi connectivity index (χ1v) is 10.9.